The molecule has 2 N–H and O–H groups in total. The first-order valence-electron chi connectivity index (χ1n) is 9.97. The number of carbonyl (C=O) groups is 1. The van der Waals surface area contributed by atoms with Crippen molar-refractivity contribution in [2.24, 2.45) is 7.05 Å². The van der Waals surface area contributed by atoms with Crippen molar-refractivity contribution in [3.8, 4) is 11.4 Å². The molecule has 0 aliphatic rings. The van der Waals surface area contributed by atoms with E-state index in [-0.39, 0.29) is 22.9 Å². The molecular formula is C22H22N6O3S2. The number of para-hydroxylation sites is 1. The van der Waals surface area contributed by atoms with Gasteiger partial charge in [-0.3, -0.25) is 14.3 Å². The zero-order valence-corrected chi connectivity index (χ0v) is 19.9. The van der Waals surface area contributed by atoms with E-state index in [9.17, 15) is 9.59 Å². The Morgan fingerprint density at radius 2 is 1.94 bits per heavy atom. The molecule has 33 heavy (non-hydrogen) atoms. The van der Waals surface area contributed by atoms with Crippen molar-refractivity contribution in [2.45, 2.75) is 11.3 Å². The van der Waals surface area contributed by atoms with E-state index in [1.807, 2.05) is 54.6 Å². The van der Waals surface area contributed by atoms with E-state index in [0.717, 1.165) is 17.1 Å². The number of hydrogen-bond donors (Lipinski definition) is 2. The summed E-state index contributed by atoms with van der Waals surface area (Å²) >= 11 is 2.60. The third kappa shape index (κ3) is 5.10. The lowest BCUT2D eigenvalue weighted by Crippen LogP contribution is -2.23. The summed E-state index contributed by atoms with van der Waals surface area (Å²) in [5.74, 6) is 0.550. The molecule has 1 amide bonds. The van der Waals surface area contributed by atoms with Crippen LogP contribution in [0.4, 0.5) is 16.5 Å². The SMILES string of the molecule is COc1cccc(Nc2nnc(SCC(=O)Nc3c(C)n(C)n(-c4ccccc4)c3=O)s2)c1. The molecule has 0 atom stereocenters. The minimum absolute atomic E-state index is 0.104. The number of anilines is 3. The smallest absolute Gasteiger partial charge is 0.295 e. The molecule has 0 unspecified atom stereocenters. The Hall–Kier alpha value is -3.57. The number of amides is 1. The first-order chi connectivity index (χ1) is 16.0. The molecule has 0 aliphatic heterocycles. The number of hydrogen-bond acceptors (Lipinski definition) is 8. The molecule has 0 radical (unpaired) electrons. The van der Waals surface area contributed by atoms with E-state index in [1.165, 1.54) is 27.8 Å². The van der Waals surface area contributed by atoms with Gasteiger partial charge in [0.15, 0.2) is 4.34 Å². The van der Waals surface area contributed by atoms with Gasteiger partial charge in [-0.1, -0.05) is 47.4 Å². The van der Waals surface area contributed by atoms with Crippen LogP contribution in [0.1, 0.15) is 5.69 Å². The van der Waals surface area contributed by atoms with Crippen LogP contribution in [0, 0.1) is 6.92 Å². The molecule has 0 spiro atoms. The number of rotatable bonds is 8. The molecule has 2 heterocycles. The minimum Gasteiger partial charge on any atom is -0.497 e. The van der Waals surface area contributed by atoms with Crippen molar-refractivity contribution in [2.75, 3.05) is 23.5 Å². The highest BCUT2D eigenvalue weighted by molar-refractivity contribution is 8.01. The lowest BCUT2D eigenvalue weighted by molar-refractivity contribution is -0.113. The molecule has 0 saturated heterocycles. The fourth-order valence-corrected chi connectivity index (χ4v) is 4.73. The summed E-state index contributed by atoms with van der Waals surface area (Å²) in [7, 11) is 3.39. The molecule has 0 aliphatic carbocycles. The Labute approximate surface area is 198 Å². The van der Waals surface area contributed by atoms with Crippen LogP contribution >= 0.6 is 23.1 Å². The summed E-state index contributed by atoms with van der Waals surface area (Å²) in [6, 6.07) is 16.8. The molecule has 11 heteroatoms. The molecule has 4 aromatic rings. The van der Waals surface area contributed by atoms with Crippen molar-refractivity contribution >= 4 is 45.5 Å². The van der Waals surface area contributed by atoms with Gasteiger partial charge in [0.05, 0.1) is 24.2 Å². The number of nitrogens with one attached hydrogen (secondary N) is 2. The summed E-state index contributed by atoms with van der Waals surface area (Å²) < 4.78 is 9.11. The highest BCUT2D eigenvalue weighted by Gasteiger charge is 2.18. The molecule has 0 fully saturated rings. The van der Waals surface area contributed by atoms with E-state index in [0.29, 0.717) is 15.2 Å². The summed E-state index contributed by atoms with van der Waals surface area (Å²) in [5.41, 5.74) is 2.22. The minimum atomic E-state index is -0.288. The largest absolute Gasteiger partial charge is 0.497 e. The third-order valence-corrected chi connectivity index (χ3v) is 6.84. The lowest BCUT2D eigenvalue weighted by atomic mass is 10.3. The highest BCUT2D eigenvalue weighted by atomic mass is 32.2. The zero-order valence-electron chi connectivity index (χ0n) is 18.2. The van der Waals surface area contributed by atoms with Crippen LogP contribution in [-0.2, 0) is 11.8 Å². The number of ether oxygens (including phenoxy) is 1. The van der Waals surface area contributed by atoms with Crippen LogP contribution in [0.5, 0.6) is 5.75 Å². The number of nitrogens with zero attached hydrogens (tertiary/aromatic N) is 4. The Morgan fingerprint density at radius 1 is 1.15 bits per heavy atom. The van der Waals surface area contributed by atoms with Crippen LogP contribution in [-0.4, -0.2) is 38.3 Å². The number of benzene rings is 2. The van der Waals surface area contributed by atoms with E-state index in [4.69, 9.17) is 4.74 Å². The second kappa shape index (κ2) is 9.92. The van der Waals surface area contributed by atoms with Crippen LogP contribution in [0.15, 0.2) is 63.7 Å². The van der Waals surface area contributed by atoms with Crippen LogP contribution in [0.2, 0.25) is 0 Å². The van der Waals surface area contributed by atoms with Gasteiger partial charge in [-0.25, -0.2) is 4.68 Å². The molecule has 4 rings (SSSR count). The summed E-state index contributed by atoms with van der Waals surface area (Å²) in [6.45, 7) is 1.80. The standard InChI is InChI=1S/C22H22N6O3S2/c1-14-19(20(30)28(27(14)2)16-9-5-4-6-10-16)24-18(29)13-32-22-26-25-21(33-22)23-15-8-7-11-17(12-15)31-3/h4-12H,13H2,1-3H3,(H,23,25)(H,24,29). The predicted octanol–water partition coefficient (Wildman–Crippen LogP) is 3.82. The monoisotopic (exact) mass is 482 g/mol. The number of methoxy groups -OCH3 is 1. The fraction of sp³-hybridized carbons (Fsp3) is 0.182. The normalized spacial score (nSPS) is 10.8. The third-order valence-electron chi connectivity index (χ3n) is 4.87. The molecular weight excluding hydrogens is 460 g/mol. The molecule has 2 aromatic carbocycles. The summed E-state index contributed by atoms with van der Waals surface area (Å²) in [5, 5.41) is 14.8. The maximum absolute atomic E-state index is 12.9. The average molecular weight is 483 g/mol. The molecule has 9 nitrogen and oxygen atoms in total. The Morgan fingerprint density at radius 3 is 2.70 bits per heavy atom. The van der Waals surface area contributed by atoms with Gasteiger partial charge < -0.3 is 15.4 Å². The molecule has 2 aromatic heterocycles. The van der Waals surface area contributed by atoms with E-state index < -0.39 is 0 Å². The first kappa shape index (κ1) is 22.6. The Balaban J connectivity index is 1.39. The van der Waals surface area contributed by atoms with Crippen molar-refractivity contribution in [3.05, 3.63) is 70.6 Å². The Bertz CT molecular complexity index is 1330. The summed E-state index contributed by atoms with van der Waals surface area (Å²) in [4.78, 5) is 25.5. The topological polar surface area (TPSA) is 103 Å². The summed E-state index contributed by atoms with van der Waals surface area (Å²) in [6.07, 6.45) is 0. The van der Waals surface area contributed by atoms with E-state index in [1.54, 1.807) is 25.8 Å². The van der Waals surface area contributed by atoms with Gasteiger partial charge in [0.1, 0.15) is 11.4 Å². The second-order valence-corrected chi connectivity index (χ2v) is 9.20. The molecule has 0 saturated carbocycles. The Kier molecular flexibility index (Phi) is 6.80. The molecule has 170 valence electrons. The maximum atomic E-state index is 12.9. The van der Waals surface area contributed by atoms with Crippen molar-refractivity contribution in [1.82, 2.24) is 19.6 Å². The molecule has 0 bridgehead atoms. The maximum Gasteiger partial charge on any atom is 0.295 e. The van der Waals surface area contributed by atoms with E-state index >= 15 is 0 Å². The van der Waals surface area contributed by atoms with Crippen molar-refractivity contribution in [3.63, 3.8) is 0 Å². The number of carbonyl (C=O) groups excluding carboxylic acids is 1. The fourth-order valence-electron chi connectivity index (χ4n) is 3.16. The zero-order chi connectivity index (χ0) is 23.4. The second-order valence-electron chi connectivity index (χ2n) is 7.00. The van der Waals surface area contributed by atoms with Crippen LogP contribution in [0.3, 0.4) is 0 Å². The highest BCUT2D eigenvalue weighted by Crippen LogP contribution is 2.28. The van der Waals surface area contributed by atoms with Gasteiger partial charge in [0.2, 0.25) is 11.0 Å². The van der Waals surface area contributed by atoms with Crippen LogP contribution < -0.4 is 20.9 Å². The number of aromatic nitrogens is 4. The average Bonchev–Trinajstić information content (AvgIpc) is 3.36. The van der Waals surface area contributed by atoms with Gasteiger partial charge >= 0.3 is 0 Å². The van der Waals surface area contributed by atoms with Gasteiger partial charge in [-0.05, 0) is 31.2 Å². The van der Waals surface area contributed by atoms with Gasteiger partial charge in [-0.15, -0.1) is 10.2 Å². The number of thioether (sulfide) groups is 1. The van der Waals surface area contributed by atoms with Gasteiger partial charge in [-0.2, -0.15) is 0 Å². The van der Waals surface area contributed by atoms with Crippen molar-refractivity contribution < 1.29 is 9.53 Å². The van der Waals surface area contributed by atoms with Gasteiger partial charge in [0, 0.05) is 18.8 Å². The van der Waals surface area contributed by atoms with Gasteiger partial charge in [0.25, 0.3) is 5.56 Å². The predicted molar refractivity (Wildman–Crippen MR) is 131 cm³/mol. The first-order valence-corrected chi connectivity index (χ1v) is 11.8. The van der Waals surface area contributed by atoms with Crippen LogP contribution in [0.25, 0.3) is 5.69 Å². The van der Waals surface area contributed by atoms with Crippen molar-refractivity contribution in [1.29, 1.82) is 0 Å². The quantitative estimate of drug-likeness (QED) is 0.368. The van der Waals surface area contributed by atoms with E-state index in [2.05, 4.69) is 20.8 Å². The lowest BCUT2D eigenvalue weighted by Gasteiger charge is -2.07.